The molecule has 2 saturated heterocycles. The van der Waals surface area contributed by atoms with Crippen molar-refractivity contribution in [1.82, 2.24) is 0 Å². The van der Waals surface area contributed by atoms with Crippen molar-refractivity contribution >= 4 is 11.9 Å². The van der Waals surface area contributed by atoms with Crippen molar-refractivity contribution in [3.05, 3.63) is 108 Å². The molecule has 0 unspecified atom stereocenters. The molecule has 2 heterocycles. The number of methoxy groups -OCH3 is 1. The Morgan fingerprint density at radius 1 is 0.722 bits per heavy atom. The Kier molecular flexibility index (Phi) is 7.39. The summed E-state index contributed by atoms with van der Waals surface area (Å²) in [5, 5.41) is 0. The summed E-state index contributed by atoms with van der Waals surface area (Å²) in [4.78, 5) is 26.1. The van der Waals surface area contributed by atoms with Crippen molar-refractivity contribution in [2.45, 2.75) is 37.0 Å². The lowest BCUT2D eigenvalue weighted by molar-refractivity contribution is -0.356. The van der Waals surface area contributed by atoms with Gasteiger partial charge in [0.15, 0.2) is 24.8 Å². The van der Waals surface area contributed by atoms with Crippen molar-refractivity contribution in [3.8, 4) is 0 Å². The van der Waals surface area contributed by atoms with E-state index in [1.807, 2.05) is 30.3 Å². The molecule has 0 N–H and O–H groups in total. The van der Waals surface area contributed by atoms with Crippen molar-refractivity contribution in [1.29, 1.82) is 0 Å². The SMILES string of the molecule is CO[C@@H]1O[C@@H]2CO[C@H](c3ccccc3)O[C@@H]2[C@@H](OC(=O)c2ccccc2)[C@H]1OC(=O)c1ccccc1. The third-order valence-electron chi connectivity index (χ3n) is 6.09. The van der Waals surface area contributed by atoms with Crippen LogP contribution < -0.4 is 0 Å². The van der Waals surface area contributed by atoms with Gasteiger partial charge in [-0.1, -0.05) is 66.7 Å². The molecular weight excluding hydrogens is 464 g/mol. The largest absolute Gasteiger partial charge is 0.452 e. The molecule has 2 aliphatic rings. The van der Waals surface area contributed by atoms with E-state index in [4.69, 9.17) is 28.4 Å². The highest BCUT2D eigenvalue weighted by atomic mass is 16.8. The van der Waals surface area contributed by atoms with Crippen LogP contribution in [-0.4, -0.2) is 56.4 Å². The summed E-state index contributed by atoms with van der Waals surface area (Å²) in [5.41, 5.74) is 1.50. The second kappa shape index (κ2) is 11.0. The Balaban J connectivity index is 1.46. The van der Waals surface area contributed by atoms with E-state index in [0.717, 1.165) is 5.56 Å². The van der Waals surface area contributed by atoms with Gasteiger partial charge in [-0.25, -0.2) is 9.59 Å². The number of rotatable bonds is 6. The first-order valence-corrected chi connectivity index (χ1v) is 11.7. The molecule has 6 atom stereocenters. The molecule has 186 valence electrons. The van der Waals surface area contributed by atoms with Crippen molar-refractivity contribution in [3.63, 3.8) is 0 Å². The maximum Gasteiger partial charge on any atom is 0.338 e. The minimum absolute atomic E-state index is 0.169. The first-order valence-electron chi connectivity index (χ1n) is 11.7. The summed E-state index contributed by atoms with van der Waals surface area (Å²) in [6.07, 6.45) is -5.23. The molecule has 0 radical (unpaired) electrons. The Bertz CT molecular complexity index is 1150. The maximum absolute atomic E-state index is 13.1. The number of ether oxygens (including phenoxy) is 6. The first-order chi connectivity index (χ1) is 17.6. The van der Waals surface area contributed by atoms with E-state index < -0.39 is 48.9 Å². The number of hydrogen-bond acceptors (Lipinski definition) is 8. The number of esters is 2. The van der Waals surface area contributed by atoms with Crippen LogP contribution in [0.25, 0.3) is 0 Å². The van der Waals surface area contributed by atoms with Gasteiger partial charge in [0.1, 0.15) is 12.2 Å². The highest BCUT2D eigenvalue weighted by Gasteiger charge is 2.54. The second-order valence-corrected chi connectivity index (χ2v) is 8.43. The molecule has 5 rings (SSSR count). The Labute approximate surface area is 208 Å². The van der Waals surface area contributed by atoms with E-state index in [-0.39, 0.29) is 6.61 Å². The lowest BCUT2D eigenvalue weighted by Crippen LogP contribution is -2.64. The number of hydrogen-bond donors (Lipinski definition) is 0. The van der Waals surface area contributed by atoms with Crippen molar-refractivity contribution < 1.29 is 38.0 Å². The molecule has 0 spiro atoms. The summed E-state index contributed by atoms with van der Waals surface area (Å²) in [7, 11) is 1.43. The van der Waals surface area contributed by atoms with E-state index in [0.29, 0.717) is 11.1 Å². The molecular formula is C28H26O8. The van der Waals surface area contributed by atoms with Gasteiger partial charge in [0.25, 0.3) is 0 Å². The average molecular weight is 491 g/mol. The molecule has 0 aliphatic carbocycles. The first kappa shape index (κ1) is 24.1. The minimum Gasteiger partial charge on any atom is -0.452 e. The highest BCUT2D eigenvalue weighted by molar-refractivity contribution is 5.90. The summed E-state index contributed by atoms with van der Waals surface area (Å²) in [5.74, 6) is -1.18. The molecule has 8 heteroatoms. The zero-order valence-corrected chi connectivity index (χ0v) is 19.6. The molecule has 2 fully saturated rings. The standard InChI is InChI=1S/C28H26O8/c1-31-28-24(35-26(30)19-13-7-3-8-14-19)23(34-25(29)18-11-5-2-6-12-18)22-21(33-28)17-32-27(36-22)20-15-9-4-10-16-20/h2-16,21-24,27-28H,17H2,1H3/t21-,22+,23-,24-,27+,28-/m1/s1. The molecule has 0 aromatic heterocycles. The second-order valence-electron chi connectivity index (χ2n) is 8.43. The fourth-order valence-corrected chi connectivity index (χ4v) is 4.31. The fourth-order valence-electron chi connectivity index (χ4n) is 4.31. The van der Waals surface area contributed by atoms with Gasteiger partial charge in [0.2, 0.25) is 0 Å². The van der Waals surface area contributed by atoms with Crippen LogP contribution in [0.2, 0.25) is 0 Å². The quantitative estimate of drug-likeness (QED) is 0.481. The zero-order valence-electron chi connectivity index (χ0n) is 19.6. The Hall–Kier alpha value is -3.56. The molecule has 2 aliphatic heterocycles. The molecule has 0 bridgehead atoms. The molecule has 3 aromatic rings. The topological polar surface area (TPSA) is 89.5 Å². The van der Waals surface area contributed by atoms with Gasteiger partial charge in [-0.05, 0) is 24.3 Å². The molecule has 0 saturated carbocycles. The van der Waals surface area contributed by atoms with Crippen LogP contribution in [0.3, 0.4) is 0 Å². The monoisotopic (exact) mass is 490 g/mol. The van der Waals surface area contributed by atoms with Gasteiger partial charge >= 0.3 is 11.9 Å². The number of benzene rings is 3. The van der Waals surface area contributed by atoms with Crippen molar-refractivity contribution in [2.24, 2.45) is 0 Å². The number of carbonyl (C=O) groups excluding carboxylic acids is 2. The third kappa shape index (κ3) is 5.17. The summed E-state index contributed by atoms with van der Waals surface area (Å²) >= 11 is 0. The molecule has 0 amide bonds. The van der Waals surface area contributed by atoms with Crippen LogP contribution in [0.1, 0.15) is 32.6 Å². The van der Waals surface area contributed by atoms with Gasteiger partial charge in [0.05, 0.1) is 17.7 Å². The predicted molar refractivity (Wildman–Crippen MR) is 127 cm³/mol. The summed E-state index contributed by atoms with van der Waals surface area (Å²) in [6.45, 7) is 0.169. The van der Waals surface area contributed by atoms with E-state index in [2.05, 4.69) is 0 Å². The molecule has 36 heavy (non-hydrogen) atoms. The summed E-state index contributed by atoms with van der Waals surface area (Å²) in [6, 6.07) is 26.5. The van der Waals surface area contributed by atoms with Gasteiger partial charge in [-0.2, -0.15) is 0 Å². The van der Waals surface area contributed by atoms with Crippen LogP contribution in [0.15, 0.2) is 91.0 Å². The predicted octanol–water partition coefficient (Wildman–Crippen LogP) is 3.92. The van der Waals surface area contributed by atoms with Crippen LogP contribution >= 0.6 is 0 Å². The smallest absolute Gasteiger partial charge is 0.338 e. The van der Waals surface area contributed by atoms with E-state index in [1.165, 1.54) is 7.11 Å². The Morgan fingerprint density at radius 2 is 1.25 bits per heavy atom. The number of carbonyl (C=O) groups is 2. The molecule has 3 aromatic carbocycles. The van der Waals surface area contributed by atoms with Crippen molar-refractivity contribution in [2.75, 3.05) is 13.7 Å². The number of fused-ring (bicyclic) bond motifs is 1. The normalized spacial score (nSPS) is 27.5. The Morgan fingerprint density at radius 3 is 1.81 bits per heavy atom. The van der Waals surface area contributed by atoms with E-state index >= 15 is 0 Å². The van der Waals surface area contributed by atoms with E-state index in [1.54, 1.807) is 60.7 Å². The lowest BCUT2D eigenvalue weighted by atomic mass is 9.97. The van der Waals surface area contributed by atoms with Crippen LogP contribution in [0, 0.1) is 0 Å². The van der Waals surface area contributed by atoms with Gasteiger partial charge in [-0.3, -0.25) is 0 Å². The van der Waals surface area contributed by atoms with Crippen LogP contribution in [0.5, 0.6) is 0 Å². The highest BCUT2D eigenvalue weighted by Crippen LogP contribution is 2.37. The van der Waals surface area contributed by atoms with E-state index in [9.17, 15) is 9.59 Å². The van der Waals surface area contributed by atoms with Gasteiger partial charge in [-0.15, -0.1) is 0 Å². The summed E-state index contributed by atoms with van der Waals surface area (Å²) < 4.78 is 35.5. The fraction of sp³-hybridized carbons (Fsp3) is 0.286. The van der Waals surface area contributed by atoms with Gasteiger partial charge < -0.3 is 28.4 Å². The molecule has 8 nitrogen and oxygen atoms in total. The van der Waals surface area contributed by atoms with Crippen LogP contribution in [0.4, 0.5) is 0 Å². The maximum atomic E-state index is 13.1. The zero-order chi connectivity index (χ0) is 24.9. The average Bonchev–Trinajstić information content (AvgIpc) is 2.95. The lowest BCUT2D eigenvalue weighted by Gasteiger charge is -2.47. The third-order valence-corrected chi connectivity index (χ3v) is 6.09. The van der Waals surface area contributed by atoms with Gasteiger partial charge in [0, 0.05) is 12.7 Å². The minimum atomic E-state index is -1.09. The van der Waals surface area contributed by atoms with Crippen LogP contribution in [-0.2, 0) is 28.4 Å².